The third kappa shape index (κ3) is 2.61. The maximum atomic E-state index is 12.1. The highest BCUT2D eigenvalue weighted by atomic mass is 32.1. The van der Waals surface area contributed by atoms with Crippen LogP contribution in [0.5, 0.6) is 0 Å². The number of carbonyl (C=O) groups is 1. The Morgan fingerprint density at radius 2 is 2.38 bits per heavy atom. The van der Waals surface area contributed by atoms with Crippen LogP contribution in [0.25, 0.3) is 0 Å². The number of hydrogen-bond acceptors (Lipinski definition) is 3. The molecule has 1 amide bonds. The van der Waals surface area contributed by atoms with Crippen LogP contribution in [-0.2, 0) is 11.3 Å². The summed E-state index contributed by atoms with van der Waals surface area (Å²) in [7, 11) is 1.74. The fourth-order valence-corrected chi connectivity index (χ4v) is 2.16. The molecule has 4 heteroatoms. The van der Waals surface area contributed by atoms with Crippen molar-refractivity contribution in [2.75, 3.05) is 7.05 Å². The fraction of sp³-hybridized carbons (Fsp3) is 0.500. The Morgan fingerprint density at radius 3 is 2.81 bits per heavy atom. The van der Waals surface area contributed by atoms with E-state index in [1.807, 2.05) is 24.4 Å². The molecule has 0 aliphatic carbocycles. The molecule has 0 bridgehead atoms. The maximum Gasteiger partial charge on any atom is 0.242 e. The molecule has 1 rings (SSSR count). The highest BCUT2D eigenvalue weighted by Gasteiger charge is 2.33. The lowest BCUT2D eigenvalue weighted by Crippen LogP contribution is -2.38. The van der Waals surface area contributed by atoms with Crippen molar-refractivity contribution in [2.45, 2.75) is 26.8 Å². The highest BCUT2D eigenvalue weighted by molar-refractivity contribution is 7.09. The van der Waals surface area contributed by atoms with Crippen molar-refractivity contribution in [1.29, 1.82) is 5.26 Å². The predicted molar refractivity (Wildman–Crippen MR) is 64.8 cm³/mol. The van der Waals surface area contributed by atoms with Crippen LogP contribution < -0.4 is 0 Å². The Balaban J connectivity index is 2.71. The van der Waals surface area contributed by atoms with Gasteiger partial charge in [-0.3, -0.25) is 4.79 Å². The maximum absolute atomic E-state index is 12.1. The van der Waals surface area contributed by atoms with E-state index in [1.165, 1.54) is 0 Å². The first-order chi connectivity index (χ1) is 7.53. The molecule has 0 saturated heterocycles. The van der Waals surface area contributed by atoms with Crippen molar-refractivity contribution in [3.63, 3.8) is 0 Å². The quantitative estimate of drug-likeness (QED) is 0.806. The molecule has 1 unspecified atom stereocenters. The lowest BCUT2D eigenvalue weighted by molar-refractivity contribution is -0.137. The molecule has 0 spiro atoms. The van der Waals surface area contributed by atoms with Gasteiger partial charge in [0.05, 0.1) is 12.6 Å². The summed E-state index contributed by atoms with van der Waals surface area (Å²) in [6, 6.07) is 6.05. The summed E-state index contributed by atoms with van der Waals surface area (Å²) in [4.78, 5) is 14.8. The summed E-state index contributed by atoms with van der Waals surface area (Å²) in [5.74, 6) is -0.106. The number of nitrogens with zero attached hydrogens (tertiary/aromatic N) is 2. The van der Waals surface area contributed by atoms with Crippen molar-refractivity contribution in [3.05, 3.63) is 22.4 Å². The minimum atomic E-state index is -0.897. The standard InChI is InChI=1S/C12H16N2OS/c1-4-12(2,9-13)11(15)14(3)8-10-6-5-7-16-10/h5-7H,4,8H2,1-3H3. The molecule has 1 aromatic rings. The molecule has 0 aliphatic heterocycles. The van der Waals surface area contributed by atoms with E-state index in [4.69, 9.17) is 5.26 Å². The van der Waals surface area contributed by atoms with Gasteiger partial charge in [-0.1, -0.05) is 13.0 Å². The summed E-state index contributed by atoms with van der Waals surface area (Å²) >= 11 is 1.62. The summed E-state index contributed by atoms with van der Waals surface area (Å²) in [6.07, 6.45) is 0.539. The lowest BCUT2D eigenvalue weighted by atomic mass is 9.88. The molecule has 0 aliphatic rings. The molecular weight excluding hydrogens is 220 g/mol. The zero-order chi connectivity index (χ0) is 12.2. The van der Waals surface area contributed by atoms with Gasteiger partial charge >= 0.3 is 0 Å². The first-order valence-corrected chi connectivity index (χ1v) is 6.10. The Morgan fingerprint density at radius 1 is 1.69 bits per heavy atom. The smallest absolute Gasteiger partial charge is 0.242 e. The van der Waals surface area contributed by atoms with Crippen molar-refractivity contribution < 1.29 is 4.79 Å². The second kappa shape index (κ2) is 5.13. The average molecular weight is 236 g/mol. The van der Waals surface area contributed by atoms with Crippen LogP contribution >= 0.6 is 11.3 Å². The van der Waals surface area contributed by atoms with Crippen LogP contribution in [0.1, 0.15) is 25.1 Å². The minimum Gasteiger partial charge on any atom is -0.339 e. The zero-order valence-corrected chi connectivity index (χ0v) is 10.7. The van der Waals surface area contributed by atoms with Crippen LogP contribution in [0.2, 0.25) is 0 Å². The van der Waals surface area contributed by atoms with E-state index in [-0.39, 0.29) is 5.91 Å². The average Bonchev–Trinajstić information content (AvgIpc) is 2.79. The summed E-state index contributed by atoms with van der Waals surface area (Å²) < 4.78 is 0. The summed E-state index contributed by atoms with van der Waals surface area (Å²) in [5, 5.41) is 11.0. The third-order valence-electron chi connectivity index (χ3n) is 2.75. The molecule has 1 aromatic heterocycles. The second-order valence-electron chi connectivity index (χ2n) is 4.04. The van der Waals surface area contributed by atoms with Gasteiger partial charge < -0.3 is 4.90 Å². The summed E-state index contributed by atoms with van der Waals surface area (Å²) in [5.41, 5.74) is -0.897. The van der Waals surface area contributed by atoms with Gasteiger partial charge in [-0.2, -0.15) is 5.26 Å². The van der Waals surface area contributed by atoms with E-state index in [9.17, 15) is 4.79 Å². The highest BCUT2D eigenvalue weighted by Crippen LogP contribution is 2.23. The Kier molecular flexibility index (Phi) is 4.08. The summed E-state index contributed by atoms with van der Waals surface area (Å²) in [6.45, 7) is 4.13. The lowest BCUT2D eigenvalue weighted by Gasteiger charge is -2.25. The molecule has 0 aromatic carbocycles. The number of thiophene rings is 1. The van der Waals surface area contributed by atoms with Crippen LogP contribution in [0.4, 0.5) is 0 Å². The van der Waals surface area contributed by atoms with Gasteiger partial charge in [0.2, 0.25) is 5.91 Å². The topological polar surface area (TPSA) is 44.1 Å². The minimum absolute atomic E-state index is 0.106. The predicted octanol–water partition coefficient (Wildman–Crippen LogP) is 2.65. The third-order valence-corrected chi connectivity index (χ3v) is 3.61. The zero-order valence-electron chi connectivity index (χ0n) is 9.86. The molecule has 3 nitrogen and oxygen atoms in total. The first kappa shape index (κ1) is 12.7. The Bertz CT molecular complexity index is 394. The van der Waals surface area contributed by atoms with E-state index < -0.39 is 5.41 Å². The number of rotatable bonds is 4. The first-order valence-electron chi connectivity index (χ1n) is 5.22. The monoisotopic (exact) mass is 236 g/mol. The number of amides is 1. The Labute approximate surface area is 100 Å². The molecule has 0 saturated carbocycles. The van der Waals surface area contributed by atoms with E-state index in [0.29, 0.717) is 13.0 Å². The normalized spacial score (nSPS) is 13.9. The molecule has 1 atom stereocenters. The van der Waals surface area contributed by atoms with Crippen LogP contribution in [0.15, 0.2) is 17.5 Å². The molecule has 1 heterocycles. The van der Waals surface area contributed by atoms with Crippen molar-refractivity contribution in [3.8, 4) is 6.07 Å². The van der Waals surface area contributed by atoms with Crippen LogP contribution in [0.3, 0.4) is 0 Å². The van der Waals surface area contributed by atoms with Crippen molar-refractivity contribution >= 4 is 17.2 Å². The van der Waals surface area contributed by atoms with E-state index in [0.717, 1.165) is 4.88 Å². The van der Waals surface area contributed by atoms with Crippen molar-refractivity contribution in [1.82, 2.24) is 4.90 Å². The van der Waals surface area contributed by atoms with E-state index >= 15 is 0 Å². The number of carbonyl (C=O) groups excluding carboxylic acids is 1. The van der Waals surface area contributed by atoms with Gasteiger partial charge in [0.15, 0.2) is 0 Å². The molecule has 16 heavy (non-hydrogen) atoms. The van der Waals surface area contributed by atoms with Gasteiger partial charge in [0.25, 0.3) is 0 Å². The molecule has 0 fully saturated rings. The molecule has 86 valence electrons. The number of hydrogen-bond donors (Lipinski definition) is 0. The van der Waals surface area contributed by atoms with Crippen LogP contribution in [0, 0.1) is 16.7 Å². The fourth-order valence-electron chi connectivity index (χ4n) is 1.41. The second-order valence-corrected chi connectivity index (χ2v) is 5.07. The molecular formula is C12H16N2OS. The molecule has 0 radical (unpaired) electrons. The van der Waals surface area contributed by atoms with Gasteiger partial charge in [-0.15, -0.1) is 11.3 Å². The van der Waals surface area contributed by atoms with Crippen LogP contribution in [-0.4, -0.2) is 17.9 Å². The van der Waals surface area contributed by atoms with Gasteiger partial charge in [-0.05, 0) is 24.8 Å². The van der Waals surface area contributed by atoms with E-state index in [1.54, 1.807) is 30.2 Å². The largest absolute Gasteiger partial charge is 0.339 e. The SMILES string of the molecule is CCC(C)(C#N)C(=O)N(C)Cc1cccs1. The van der Waals surface area contributed by atoms with Gasteiger partial charge in [-0.25, -0.2) is 0 Å². The van der Waals surface area contributed by atoms with Crippen molar-refractivity contribution in [2.24, 2.45) is 5.41 Å². The number of nitriles is 1. The van der Waals surface area contributed by atoms with Gasteiger partial charge in [0.1, 0.15) is 5.41 Å². The Hall–Kier alpha value is -1.34. The van der Waals surface area contributed by atoms with E-state index in [2.05, 4.69) is 6.07 Å². The van der Waals surface area contributed by atoms with Gasteiger partial charge in [0, 0.05) is 11.9 Å². The molecule has 0 N–H and O–H groups in total.